The summed E-state index contributed by atoms with van der Waals surface area (Å²) in [5.41, 5.74) is 3.45. The highest BCUT2D eigenvalue weighted by atomic mass is 16.5. The van der Waals surface area contributed by atoms with E-state index in [0.29, 0.717) is 23.2 Å². The van der Waals surface area contributed by atoms with Gasteiger partial charge in [0.05, 0.1) is 0 Å². The summed E-state index contributed by atoms with van der Waals surface area (Å²) in [6.07, 6.45) is 4.47. The summed E-state index contributed by atoms with van der Waals surface area (Å²) < 4.78 is 8.37. The first kappa shape index (κ1) is 21.4. The third kappa shape index (κ3) is 4.50. The lowest BCUT2D eigenvalue weighted by Crippen LogP contribution is -2.24. The minimum Gasteiger partial charge on any atom is -0.465 e. The molecule has 0 amide bonds. The van der Waals surface area contributed by atoms with Gasteiger partial charge in [-0.25, -0.2) is 4.98 Å². The van der Waals surface area contributed by atoms with Gasteiger partial charge in [-0.15, -0.1) is 15.3 Å². The largest absolute Gasteiger partial charge is 0.465 e. The van der Waals surface area contributed by atoms with Crippen LogP contribution in [0.2, 0.25) is 0 Å². The third-order valence-electron chi connectivity index (χ3n) is 6.37. The first-order chi connectivity index (χ1) is 17.3. The van der Waals surface area contributed by atoms with Crippen molar-refractivity contribution in [2.24, 2.45) is 0 Å². The van der Waals surface area contributed by atoms with Gasteiger partial charge in [0.15, 0.2) is 23.4 Å². The lowest BCUT2D eigenvalue weighted by molar-refractivity contribution is 0.157. The van der Waals surface area contributed by atoms with E-state index in [1.807, 2.05) is 66.7 Å². The number of fused-ring (bicyclic) bond motifs is 1. The molecule has 1 atom stereocenters. The molecule has 4 heterocycles. The summed E-state index contributed by atoms with van der Waals surface area (Å²) in [6, 6.07) is 22.0. The summed E-state index contributed by atoms with van der Waals surface area (Å²) in [4.78, 5) is 6.88. The van der Waals surface area contributed by atoms with Gasteiger partial charge >= 0.3 is 0 Å². The summed E-state index contributed by atoms with van der Waals surface area (Å²) >= 11 is 0. The molecule has 35 heavy (non-hydrogen) atoms. The van der Waals surface area contributed by atoms with Gasteiger partial charge < -0.3 is 9.64 Å². The fraction of sp³-hybridized carbons (Fsp3) is 0.269. The Morgan fingerprint density at radius 3 is 2.37 bits per heavy atom. The summed E-state index contributed by atoms with van der Waals surface area (Å²) in [5.74, 6) is 1.86. The van der Waals surface area contributed by atoms with Crippen molar-refractivity contribution in [1.29, 1.82) is 0 Å². The monoisotopic (exact) mass is 466 g/mol. The van der Waals surface area contributed by atoms with Crippen molar-refractivity contribution in [1.82, 2.24) is 39.9 Å². The van der Waals surface area contributed by atoms with Crippen LogP contribution in [0.1, 0.15) is 31.2 Å². The van der Waals surface area contributed by atoms with Gasteiger partial charge in [0, 0.05) is 24.1 Å². The molecule has 3 aromatic heterocycles. The molecular weight excluding hydrogens is 440 g/mol. The number of likely N-dealkylation sites (tertiary alicyclic amines) is 1. The maximum Gasteiger partial charge on any atom is 0.240 e. The Morgan fingerprint density at radius 1 is 0.914 bits per heavy atom. The second kappa shape index (κ2) is 9.63. The number of rotatable bonds is 8. The molecule has 0 saturated carbocycles. The molecule has 9 heteroatoms. The van der Waals surface area contributed by atoms with E-state index >= 15 is 0 Å². The molecule has 176 valence electrons. The van der Waals surface area contributed by atoms with Crippen molar-refractivity contribution >= 4 is 5.65 Å². The van der Waals surface area contributed by atoms with Crippen molar-refractivity contribution < 1.29 is 4.74 Å². The molecule has 1 unspecified atom stereocenters. The van der Waals surface area contributed by atoms with Crippen molar-refractivity contribution in [2.45, 2.75) is 25.4 Å². The van der Waals surface area contributed by atoms with E-state index in [0.717, 1.165) is 42.7 Å². The molecule has 0 aliphatic carbocycles. The minimum atomic E-state index is -0.317. The zero-order valence-corrected chi connectivity index (χ0v) is 19.3. The maximum atomic E-state index is 6.62. The predicted octanol–water partition coefficient (Wildman–Crippen LogP) is 4.18. The highest BCUT2D eigenvalue weighted by Crippen LogP contribution is 2.33. The van der Waals surface area contributed by atoms with Crippen molar-refractivity contribution in [3.05, 3.63) is 78.9 Å². The van der Waals surface area contributed by atoms with Crippen LogP contribution in [0.15, 0.2) is 73.1 Å². The Kier molecular flexibility index (Phi) is 5.90. The lowest BCUT2D eigenvalue weighted by atomic mass is 10.1. The van der Waals surface area contributed by atoms with Gasteiger partial charge in [-0.1, -0.05) is 60.7 Å². The lowest BCUT2D eigenvalue weighted by Gasteiger charge is -2.21. The van der Waals surface area contributed by atoms with Crippen LogP contribution in [0.3, 0.4) is 0 Å². The fourth-order valence-corrected chi connectivity index (χ4v) is 4.56. The summed E-state index contributed by atoms with van der Waals surface area (Å²) in [5, 5.41) is 20.8. The topological polar surface area (TPSA) is 97.1 Å². The number of nitrogens with one attached hydrogen (secondary N) is 1. The number of nitrogens with zero attached hydrogens (tertiary/aromatic N) is 7. The smallest absolute Gasteiger partial charge is 0.240 e. The van der Waals surface area contributed by atoms with E-state index in [9.17, 15) is 0 Å². The molecule has 1 N–H and O–H groups in total. The van der Waals surface area contributed by atoms with Crippen molar-refractivity contribution in [3.63, 3.8) is 0 Å². The Balaban J connectivity index is 1.42. The Bertz CT molecular complexity index is 1380. The van der Waals surface area contributed by atoms with Crippen LogP contribution in [0, 0.1) is 0 Å². The molecule has 0 radical (unpaired) electrons. The Morgan fingerprint density at radius 2 is 1.66 bits per heavy atom. The maximum absolute atomic E-state index is 6.62. The predicted molar refractivity (Wildman–Crippen MR) is 132 cm³/mol. The number of benzene rings is 2. The first-order valence-electron chi connectivity index (χ1n) is 12.0. The number of ether oxygens (including phenoxy) is 1. The van der Waals surface area contributed by atoms with E-state index in [4.69, 9.17) is 9.84 Å². The highest BCUT2D eigenvalue weighted by molar-refractivity contribution is 5.73. The second-order valence-corrected chi connectivity index (χ2v) is 8.70. The van der Waals surface area contributed by atoms with Crippen LogP contribution in [-0.4, -0.2) is 59.5 Å². The molecule has 0 spiro atoms. The van der Waals surface area contributed by atoms with Gasteiger partial charge in [0.2, 0.25) is 5.88 Å². The van der Waals surface area contributed by atoms with Crippen LogP contribution >= 0.6 is 0 Å². The minimum absolute atomic E-state index is 0.317. The highest BCUT2D eigenvalue weighted by Gasteiger charge is 2.24. The Labute approximate surface area is 202 Å². The second-order valence-electron chi connectivity index (χ2n) is 8.70. The molecule has 9 nitrogen and oxygen atoms in total. The molecule has 1 aliphatic rings. The fourth-order valence-electron chi connectivity index (χ4n) is 4.56. The normalized spacial score (nSPS) is 15.0. The number of hydrogen-bond donors (Lipinski definition) is 1. The van der Waals surface area contributed by atoms with Gasteiger partial charge in [-0.3, -0.25) is 5.10 Å². The molecule has 1 saturated heterocycles. The third-order valence-corrected chi connectivity index (χ3v) is 6.37. The quantitative estimate of drug-likeness (QED) is 0.366. The van der Waals surface area contributed by atoms with Crippen LogP contribution in [-0.2, 0) is 0 Å². The SMILES string of the molecule is c1ccc(-c2cc3nnc(-c4ccccc4)n3nc2OC(CCN2CCCC2)c2ncn[nH]2)cc1. The standard InChI is InChI=1S/C26H26N8O/c1-3-9-19(10-4-1)21-17-23-29-31-25(20-11-5-2-6-12-20)34(23)32-26(21)35-22(24-27-18-28-30-24)13-16-33-14-7-8-15-33/h1-6,9-12,17-18,22H,7-8,13-16H2,(H,27,28,30). The van der Waals surface area contributed by atoms with E-state index in [2.05, 4.69) is 30.3 Å². The number of hydrogen-bond acceptors (Lipinski definition) is 7. The van der Waals surface area contributed by atoms with Crippen LogP contribution in [0.5, 0.6) is 5.88 Å². The number of aromatic nitrogens is 7. The molecule has 1 aliphatic heterocycles. The summed E-state index contributed by atoms with van der Waals surface area (Å²) in [6.45, 7) is 3.18. The average molecular weight is 467 g/mol. The van der Waals surface area contributed by atoms with Gasteiger partial charge in [-0.2, -0.15) is 9.61 Å². The van der Waals surface area contributed by atoms with Crippen LogP contribution < -0.4 is 4.74 Å². The van der Waals surface area contributed by atoms with Gasteiger partial charge in [-0.05, 0) is 37.6 Å². The van der Waals surface area contributed by atoms with E-state index < -0.39 is 0 Å². The zero-order valence-electron chi connectivity index (χ0n) is 19.3. The van der Waals surface area contributed by atoms with E-state index in [1.54, 1.807) is 4.52 Å². The molecular formula is C26H26N8O. The van der Waals surface area contributed by atoms with E-state index in [-0.39, 0.29) is 6.10 Å². The average Bonchev–Trinajstić information content (AvgIpc) is 3.69. The van der Waals surface area contributed by atoms with E-state index in [1.165, 1.54) is 19.2 Å². The molecule has 5 aromatic rings. The Hall–Kier alpha value is -4.11. The van der Waals surface area contributed by atoms with Gasteiger partial charge in [0.25, 0.3) is 0 Å². The number of aromatic amines is 1. The van der Waals surface area contributed by atoms with Crippen molar-refractivity contribution in [3.8, 4) is 28.4 Å². The van der Waals surface area contributed by atoms with Crippen LogP contribution in [0.4, 0.5) is 0 Å². The first-order valence-corrected chi connectivity index (χ1v) is 12.0. The molecule has 0 bridgehead atoms. The van der Waals surface area contributed by atoms with Gasteiger partial charge in [0.1, 0.15) is 6.33 Å². The molecule has 6 rings (SSSR count). The number of H-pyrrole nitrogens is 1. The molecule has 1 fully saturated rings. The van der Waals surface area contributed by atoms with Crippen molar-refractivity contribution in [2.75, 3.05) is 19.6 Å². The summed E-state index contributed by atoms with van der Waals surface area (Å²) in [7, 11) is 0. The molecule has 2 aromatic carbocycles. The zero-order chi connectivity index (χ0) is 23.5. The van der Waals surface area contributed by atoms with Crippen LogP contribution in [0.25, 0.3) is 28.2 Å².